The second-order valence-electron chi connectivity index (χ2n) is 4.88. The minimum absolute atomic E-state index is 0.731. The summed E-state index contributed by atoms with van der Waals surface area (Å²) in [6, 6.07) is 2.86. The number of aromatic nitrogens is 2. The van der Waals surface area contributed by atoms with Gasteiger partial charge in [0, 0.05) is 25.0 Å². The van der Waals surface area contributed by atoms with Crippen molar-refractivity contribution in [3.8, 4) is 0 Å². The van der Waals surface area contributed by atoms with Gasteiger partial charge in [-0.15, -0.1) is 0 Å². The highest BCUT2D eigenvalue weighted by molar-refractivity contribution is 5.01. The fourth-order valence-electron chi connectivity index (χ4n) is 2.28. The molecule has 1 N–H and O–H groups in total. The van der Waals surface area contributed by atoms with Crippen molar-refractivity contribution in [2.75, 3.05) is 6.54 Å². The lowest BCUT2D eigenvalue weighted by Crippen LogP contribution is -2.32. The van der Waals surface area contributed by atoms with Crippen LogP contribution in [0.1, 0.15) is 38.3 Å². The Morgan fingerprint density at radius 3 is 2.94 bits per heavy atom. The second kappa shape index (κ2) is 5.48. The Labute approximate surface area is 98.2 Å². The lowest BCUT2D eigenvalue weighted by atomic mass is 10.0. The molecule has 90 valence electrons. The molecular weight excluding hydrogens is 198 g/mol. The smallest absolute Gasteiger partial charge is 0.0492 e. The molecule has 1 atom stereocenters. The average Bonchev–Trinajstić information content (AvgIpc) is 3.04. The molecule has 1 heterocycles. The molecule has 2 rings (SSSR count). The third-order valence-electron chi connectivity index (χ3n) is 3.48. The number of nitrogens with one attached hydrogen (secondary N) is 1. The maximum absolute atomic E-state index is 4.21. The molecule has 0 bridgehead atoms. The fourth-order valence-corrected chi connectivity index (χ4v) is 2.28. The van der Waals surface area contributed by atoms with Gasteiger partial charge in [-0.3, -0.25) is 4.68 Å². The van der Waals surface area contributed by atoms with Gasteiger partial charge in [-0.05, 0) is 50.6 Å². The average molecular weight is 221 g/mol. The number of nitrogens with zero attached hydrogens (tertiary/aromatic N) is 2. The van der Waals surface area contributed by atoms with Gasteiger partial charge in [0.05, 0.1) is 0 Å². The van der Waals surface area contributed by atoms with Crippen molar-refractivity contribution in [1.82, 2.24) is 15.1 Å². The molecule has 1 saturated carbocycles. The summed E-state index contributed by atoms with van der Waals surface area (Å²) in [5.74, 6) is 0.944. The maximum Gasteiger partial charge on any atom is 0.0492 e. The van der Waals surface area contributed by atoms with Crippen LogP contribution < -0.4 is 5.32 Å². The van der Waals surface area contributed by atoms with Crippen LogP contribution in [0.15, 0.2) is 12.3 Å². The molecular formula is C13H23N3. The van der Waals surface area contributed by atoms with Crippen molar-refractivity contribution in [2.45, 2.75) is 45.1 Å². The number of aryl methyl sites for hydroxylation is 2. The van der Waals surface area contributed by atoms with Crippen molar-refractivity contribution in [3.05, 3.63) is 18.0 Å². The van der Waals surface area contributed by atoms with Crippen molar-refractivity contribution >= 4 is 0 Å². The van der Waals surface area contributed by atoms with Crippen molar-refractivity contribution in [2.24, 2.45) is 13.0 Å². The first kappa shape index (κ1) is 11.6. The van der Waals surface area contributed by atoms with E-state index < -0.39 is 0 Å². The zero-order valence-electron chi connectivity index (χ0n) is 10.4. The fraction of sp³-hybridized carbons (Fsp3) is 0.769. The Hall–Kier alpha value is -0.830. The van der Waals surface area contributed by atoms with Crippen LogP contribution in [0.2, 0.25) is 0 Å². The van der Waals surface area contributed by atoms with E-state index in [1.165, 1.54) is 31.4 Å². The molecule has 3 nitrogen and oxygen atoms in total. The number of hydrogen-bond donors (Lipinski definition) is 1. The summed E-state index contributed by atoms with van der Waals surface area (Å²) in [5, 5.41) is 7.90. The molecule has 3 heteroatoms. The van der Waals surface area contributed by atoms with Crippen molar-refractivity contribution in [1.29, 1.82) is 0 Å². The molecule has 1 aliphatic carbocycles. The Balaban J connectivity index is 1.79. The predicted molar refractivity (Wildman–Crippen MR) is 66.3 cm³/mol. The van der Waals surface area contributed by atoms with Gasteiger partial charge in [-0.2, -0.15) is 5.10 Å². The summed E-state index contributed by atoms with van der Waals surface area (Å²) < 4.78 is 1.99. The standard InChI is InChI=1S/C13H23N3/c1-3-9-14-13(11-4-5-11)7-6-12-8-10-15-16(12)2/h8,10-11,13-14H,3-7,9H2,1-2H3. The molecule has 1 aromatic heterocycles. The van der Waals surface area contributed by atoms with E-state index in [-0.39, 0.29) is 0 Å². The quantitative estimate of drug-likeness (QED) is 0.764. The van der Waals surface area contributed by atoms with Crippen LogP contribution in [-0.4, -0.2) is 22.4 Å². The molecule has 1 unspecified atom stereocenters. The van der Waals surface area contributed by atoms with Gasteiger partial charge in [-0.1, -0.05) is 6.92 Å². The molecule has 1 fully saturated rings. The van der Waals surface area contributed by atoms with E-state index in [9.17, 15) is 0 Å². The Bertz CT molecular complexity index is 315. The van der Waals surface area contributed by atoms with Crippen LogP contribution in [-0.2, 0) is 13.5 Å². The summed E-state index contributed by atoms with van der Waals surface area (Å²) in [7, 11) is 2.03. The first-order valence-corrected chi connectivity index (χ1v) is 6.51. The normalized spacial score (nSPS) is 17.6. The molecule has 0 saturated heterocycles. The summed E-state index contributed by atoms with van der Waals surface area (Å²) in [6.07, 6.45) is 8.37. The van der Waals surface area contributed by atoms with Gasteiger partial charge in [0.25, 0.3) is 0 Å². The van der Waals surface area contributed by atoms with E-state index in [0.29, 0.717) is 0 Å². The summed E-state index contributed by atoms with van der Waals surface area (Å²) in [6.45, 7) is 3.39. The van der Waals surface area contributed by atoms with E-state index in [0.717, 1.165) is 24.9 Å². The van der Waals surface area contributed by atoms with Crippen LogP contribution in [0.5, 0.6) is 0 Å². The molecule has 0 aliphatic heterocycles. The van der Waals surface area contributed by atoms with Gasteiger partial charge in [0.15, 0.2) is 0 Å². The topological polar surface area (TPSA) is 29.9 Å². The zero-order chi connectivity index (χ0) is 11.4. The lowest BCUT2D eigenvalue weighted by Gasteiger charge is -2.17. The zero-order valence-corrected chi connectivity index (χ0v) is 10.4. The highest BCUT2D eigenvalue weighted by Gasteiger charge is 2.30. The molecule has 16 heavy (non-hydrogen) atoms. The third kappa shape index (κ3) is 3.08. The van der Waals surface area contributed by atoms with Gasteiger partial charge in [0.2, 0.25) is 0 Å². The SMILES string of the molecule is CCCNC(CCc1ccnn1C)C1CC1. The maximum atomic E-state index is 4.21. The summed E-state index contributed by atoms with van der Waals surface area (Å²) in [5.41, 5.74) is 1.35. The van der Waals surface area contributed by atoms with Gasteiger partial charge in [-0.25, -0.2) is 0 Å². The minimum atomic E-state index is 0.731. The van der Waals surface area contributed by atoms with E-state index in [1.54, 1.807) is 0 Å². The van der Waals surface area contributed by atoms with E-state index >= 15 is 0 Å². The molecule has 0 aromatic carbocycles. The first-order valence-electron chi connectivity index (χ1n) is 6.51. The van der Waals surface area contributed by atoms with Gasteiger partial charge in [0.1, 0.15) is 0 Å². The van der Waals surface area contributed by atoms with E-state index in [1.807, 2.05) is 17.9 Å². The minimum Gasteiger partial charge on any atom is -0.314 e. The third-order valence-corrected chi connectivity index (χ3v) is 3.48. The number of rotatable bonds is 7. The summed E-state index contributed by atoms with van der Waals surface area (Å²) >= 11 is 0. The Morgan fingerprint density at radius 1 is 1.56 bits per heavy atom. The first-order chi connectivity index (χ1) is 7.81. The monoisotopic (exact) mass is 221 g/mol. The highest BCUT2D eigenvalue weighted by Crippen LogP contribution is 2.34. The van der Waals surface area contributed by atoms with Crippen LogP contribution in [0.4, 0.5) is 0 Å². The van der Waals surface area contributed by atoms with Crippen LogP contribution >= 0.6 is 0 Å². The van der Waals surface area contributed by atoms with Crippen molar-refractivity contribution in [3.63, 3.8) is 0 Å². The molecule has 0 spiro atoms. The van der Waals surface area contributed by atoms with Gasteiger partial charge >= 0.3 is 0 Å². The van der Waals surface area contributed by atoms with E-state index in [2.05, 4.69) is 23.4 Å². The van der Waals surface area contributed by atoms with E-state index in [4.69, 9.17) is 0 Å². The van der Waals surface area contributed by atoms with Crippen molar-refractivity contribution < 1.29 is 0 Å². The summed E-state index contributed by atoms with van der Waals surface area (Å²) in [4.78, 5) is 0. The largest absolute Gasteiger partial charge is 0.314 e. The molecule has 0 radical (unpaired) electrons. The molecule has 0 amide bonds. The lowest BCUT2D eigenvalue weighted by molar-refractivity contribution is 0.431. The Kier molecular flexibility index (Phi) is 3.99. The predicted octanol–water partition coefficient (Wildman–Crippen LogP) is 2.13. The second-order valence-corrected chi connectivity index (χ2v) is 4.88. The molecule has 1 aliphatic rings. The number of hydrogen-bond acceptors (Lipinski definition) is 2. The molecule has 1 aromatic rings. The van der Waals surface area contributed by atoms with Gasteiger partial charge < -0.3 is 5.32 Å². The van der Waals surface area contributed by atoms with Crippen LogP contribution in [0.3, 0.4) is 0 Å². The van der Waals surface area contributed by atoms with Crippen LogP contribution in [0, 0.1) is 5.92 Å². The van der Waals surface area contributed by atoms with Crippen LogP contribution in [0.25, 0.3) is 0 Å². The Morgan fingerprint density at radius 2 is 2.38 bits per heavy atom. The highest BCUT2D eigenvalue weighted by atomic mass is 15.2.